The molecule has 0 aromatic heterocycles. The molecule has 2 atom stereocenters. The molecule has 2 aliphatic rings. The summed E-state index contributed by atoms with van der Waals surface area (Å²) in [5, 5.41) is 5.75. The highest BCUT2D eigenvalue weighted by molar-refractivity contribution is 8.15. The molecule has 0 unspecified atom stereocenters. The number of fused-ring (bicyclic) bond motifs is 3. The van der Waals surface area contributed by atoms with Gasteiger partial charge in [-0.2, -0.15) is 0 Å². The van der Waals surface area contributed by atoms with E-state index < -0.39 is 11.3 Å². The first-order valence-corrected chi connectivity index (χ1v) is 14.9. The average molecular weight is 584 g/mol. The monoisotopic (exact) mass is 583 g/mol. The molecule has 5 rings (SSSR count). The predicted molar refractivity (Wildman–Crippen MR) is 166 cm³/mol. The molecule has 0 radical (unpaired) electrons. The van der Waals surface area contributed by atoms with Crippen LogP contribution in [0.1, 0.15) is 37.3 Å². The standard InChI is InChI=1S/C32H33N5O4S/c1-3-27(30(39)35-24-15-9-10-16-26(24)41-2)42-32-36-23-14-8-7-13-22(23)29-34-25(31(40)37(29)32)17-18-28(38)33-20-19-21-11-5-4-6-12-21/h4-16,25,27H,3,17-20H2,1-2H3,(H,33,38)(H,35,39)/t25-,27-/m1/s1. The summed E-state index contributed by atoms with van der Waals surface area (Å²) >= 11 is 1.23. The maximum absolute atomic E-state index is 13.7. The molecule has 3 aromatic carbocycles. The Hall–Kier alpha value is -4.44. The van der Waals surface area contributed by atoms with E-state index >= 15 is 0 Å². The zero-order chi connectivity index (χ0) is 29.5. The minimum Gasteiger partial charge on any atom is -0.495 e. The van der Waals surface area contributed by atoms with E-state index in [9.17, 15) is 14.4 Å². The Morgan fingerprint density at radius 3 is 2.55 bits per heavy atom. The van der Waals surface area contributed by atoms with Gasteiger partial charge in [-0.25, -0.2) is 9.89 Å². The maximum Gasteiger partial charge on any atom is 0.259 e. The molecule has 0 saturated carbocycles. The summed E-state index contributed by atoms with van der Waals surface area (Å²) in [5.41, 5.74) is 3.15. The fourth-order valence-corrected chi connectivity index (χ4v) is 5.85. The molecule has 2 N–H and O–H groups in total. The number of hydrogen-bond acceptors (Lipinski definition) is 7. The van der Waals surface area contributed by atoms with Crippen LogP contribution in [0, 0.1) is 0 Å². The van der Waals surface area contributed by atoms with Gasteiger partial charge in [0.05, 0.1) is 23.7 Å². The minimum atomic E-state index is -0.709. The van der Waals surface area contributed by atoms with Gasteiger partial charge in [0, 0.05) is 18.5 Å². The molecular weight excluding hydrogens is 550 g/mol. The summed E-state index contributed by atoms with van der Waals surface area (Å²) in [7, 11) is 1.55. The number of ether oxygens (including phenoxy) is 1. The van der Waals surface area contributed by atoms with Crippen molar-refractivity contribution in [3.8, 4) is 5.75 Å². The highest BCUT2D eigenvalue weighted by atomic mass is 32.2. The summed E-state index contributed by atoms with van der Waals surface area (Å²) in [5.74, 6) is 0.477. The SMILES string of the molecule is CC[C@@H](SC1=Nc2ccccc2C2=N[C@H](CCC(=O)NCCc3ccccc3)C(=O)N12)C(=O)Nc1ccccc1OC. The van der Waals surface area contributed by atoms with Gasteiger partial charge in [-0.15, -0.1) is 0 Å². The van der Waals surface area contributed by atoms with E-state index in [0.717, 1.165) is 17.5 Å². The summed E-state index contributed by atoms with van der Waals surface area (Å²) in [6.45, 7) is 2.44. The Morgan fingerprint density at radius 1 is 1.02 bits per heavy atom. The summed E-state index contributed by atoms with van der Waals surface area (Å²) in [4.78, 5) is 50.5. The Morgan fingerprint density at radius 2 is 1.76 bits per heavy atom. The van der Waals surface area contributed by atoms with Crippen molar-refractivity contribution in [2.45, 2.75) is 43.9 Å². The molecule has 216 valence electrons. The topological polar surface area (TPSA) is 112 Å². The number of amides is 3. The fourth-order valence-electron chi connectivity index (χ4n) is 4.83. The summed E-state index contributed by atoms with van der Waals surface area (Å²) in [6.07, 6.45) is 1.70. The predicted octanol–water partition coefficient (Wildman–Crippen LogP) is 4.94. The number of carbonyl (C=O) groups excluding carboxylic acids is 3. The van der Waals surface area contributed by atoms with Crippen LogP contribution in [0.25, 0.3) is 0 Å². The second-order valence-corrected chi connectivity index (χ2v) is 11.1. The minimum absolute atomic E-state index is 0.119. The van der Waals surface area contributed by atoms with Gasteiger partial charge in [0.15, 0.2) is 5.17 Å². The number of methoxy groups -OCH3 is 1. The van der Waals surface area contributed by atoms with Crippen molar-refractivity contribution in [3.63, 3.8) is 0 Å². The highest BCUT2D eigenvalue weighted by Gasteiger charge is 2.42. The van der Waals surface area contributed by atoms with Gasteiger partial charge in [0.25, 0.3) is 5.91 Å². The van der Waals surface area contributed by atoms with Crippen molar-refractivity contribution in [2.75, 3.05) is 19.0 Å². The number of benzene rings is 3. The van der Waals surface area contributed by atoms with E-state index in [1.165, 1.54) is 16.7 Å². The van der Waals surface area contributed by atoms with E-state index in [1.54, 1.807) is 19.2 Å². The molecule has 0 spiro atoms. The largest absolute Gasteiger partial charge is 0.495 e. The van der Waals surface area contributed by atoms with Crippen LogP contribution in [-0.2, 0) is 20.8 Å². The van der Waals surface area contributed by atoms with E-state index in [4.69, 9.17) is 14.7 Å². The van der Waals surface area contributed by atoms with Crippen LogP contribution in [0.15, 0.2) is 88.8 Å². The number of nitrogens with one attached hydrogen (secondary N) is 2. The third-order valence-corrected chi connectivity index (χ3v) is 8.36. The van der Waals surface area contributed by atoms with Gasteiger partial charge in [-0.1, -0.05) is 73.3 Å². The molecule has 3 amide bonds. The molecule has 0 saturated heterocycles. The Kier molecular flexibility index (Phi) is 9.33. The van der Waals surface area contributed by atoms with Crippen molar-refractivity contribution >= 4 is 51.9 Å². The van der Waals surface area contributed by atoms with Crippen molar-refractivity contribution in [1.29, 1.82) is 0 Å². The summed E-state index contributed by atoms with van der Waals surface area (Å²) in [6, 6.07) is 24.0. The highest BCUT2D eigenvalue weighted by Crippen LogP contribution is 2.36. The number of rotatable bonds is 11. The lowest BCUT2D eigenvalue weighted by Gasteiger charge is -2.27. The molecule has 0 fully saturated rings. The van der Waals surface area contributed by atoms with Crippen molar-refractivity contribution < 1.29 is 19.1 Å². The molecule has 2 heterocycles. The van der Waals surface area contributed by atoms with Crippen LogP contribution in [0.2, 0.25) is 0 Å². The number of carbonyl (C=O) groups is 3. The Balaban J connectivity index is 1.27. The average Bonchev–Trinajstić information content (AvgIpc) is 3.35. The van der Waals surface area contributed by atoms with Crippen LogP contribution in [0.3, 0.4) is 0 Å². The van der Waals surface area contributed by atoms with E-state index in [2.05, 4.69) is 10.6 Å². The van der Waals surface area contributed by atoms with Crippen LogP contribution in [0.4, 0.5) is 11.4 Å². The quantitative estimate of drug-likeness (QED) is 0.332. The van der Waals surface area contributed by atoms with Crippen molar-refractivity contribution in [3.05, 3.63) is 90.0 Å². The molecule has 42 heavy (non-hydrogen) atoms. The second kappa shape index (κ2) is 13.5. The third-order valence-electron chi connectivity index (χ3n) is 7.05. The first kappa shape index (κ1) is 29.1. The van der Waals surface area contributed by atoms with Crippen LogP contribution >= 0.6 is 11.8 Å². The number of aliphatic imine (C=N–C) groups is 2. The van der Waals surface area contributed by atoms with Gasteiger partial charge in [0.1, 0.15) is 17.6 Å². The van der Waals surface area contributed by atoms with Gasteiger partial charge >= 0.3 is 0 Å². The first-order valence-electron chi connectivity index (χ1n) is 14.0. The normalized spacial score (nSPS) is 16.1. The number of hydrogen-bond donors (Lipinski definition) is 2. The van der Waals surface area contributed by atoms with E-state index in [-0.39, 0.29) is 30.6 Å². The lowest BCUT2D eigenvalue weighted by Crippen LogP contribution is -2.42. The second-order valence-electron chi connectivity index (χ2n) is 9.88. The lowest BCUT2D eigenvalue weighted by molar-refractivity contribution is -0.125. The Labute approximate surface area is 249 Å². The van der Waals surface area contributed by atoms with Crippen molar-refractivity contribution in [1.82, 2.24) is 10.2 Å². The molecular formula is C32H33N5O4S. The van der Waals surface area contributed by atoms with Crippen LogP contribution in [0.5, 0.6) is 5.75 Å². The number of anilines is 1. The molecule has 10 heteroatoms. The molecule has 0 bridgehead atoms. The van der Waals surface area contributed by atoms with Gasteiger partial charge in [-0.3, -0.25) is 19.4 Å². The first-order chi connectivity index (χ1) is 20.5. The van der Waals surface area contributed by atoms with Gasteiger partial charge in [-0.05, 0) is 49.1 Å². The van der Waals surface area contributed by atoms with E-state index in [0.29, 0.717) is 41.1 Å². The van der Waals surface area contributed by atoms with E-state index in [1.807, 2.05) is 73.7 Å². The molecule has 2 aliphatic heterocycles. The lowest BCUT2D eigenvalue weighted by atomic mass is 10.1. The van der Waals surface area contributed by atoms with Crippen molar-refractivity contribution in [2.24, 2.45) is 9.98 Å². The molecule has 9 nitrogen and oxygen atoms in total. The van der Waals surface area contributed by atoms with Crippen LogP contribution in [-0.4, -0.2) is 58.6 Å². The number of para-hydroxylation sites is 3. The third kappa shape index (κ3) is 6.54. The maximum atomic E-state index is 13.7. The number of thioether (sulfide) groups is 1. The smallest absolute Gasteiger partial charge is 0.259 e. The zero-order valence-electron chi connectivity index (χ0n) is 23.6. The fraction of sp³-hybridized carbons (Fsp3) is 0.281. The summed E-state index contributed by atoms with van der Waals surface area (Å²) < 4.78 is 5.37. The number of nitrogens with zero attached hydrogens (tertiary/aromatic N) is 3. The zero-order valence-corrected chi connectivity index (χ0v) is 24.4. The Bertz CT molecular complexity index is 1520. The molecule has 0 aliphatic carbocycles. The molecule has 3 aromatic rings. The van der Waals surface area contributed by atoms with Crippen LogP contribution < -0.4 is 15.4 Å². The van der Waals surface area contributed by atoms with Gasteiger partial charge < -0.3 is 15.4 Å². The number of amidine groups is 2. The van der Waals surface area contributed by atoms with Gasteiger partial charge in [0.2, 0.25) is 11.8 Å².